The van der Waals surface area contributed by atoms with Crippen LogP contribution in [0.2, 0.25) is 0 Å². The average Bonchev–Trinajstić information content (AvgIpc) is 2.23. The quantitative estimate of drug-likeness (QED) is 0.705. The first-order valence-corrected chi connectivity index (χ1v) is 6.32. The van der Waals surface area contributed by atoms with Crippen molar-refractivity contribution in [2.24, 2.45) is 11.7 Å². The molecule has 0 spiro atoms. The number of nitrogens with one attached hydrogen (secondary N) is 2. The summed E-state index contributed by atoms with van der Waals surface area (Å²) in [4.78, 5) is 18.0. The van der Waals surface area contributed by atoms with Gasteiger partial charge in [0.2, 0.25) is 0 Å². The third-order valence-corrected chi connectivity index (χ3v) is 3.18. The lowest BCUT2D eigenvalue weighted by atomic mass is 10.0. The smallest absolute Gasteiger partial charge is 0.266 e. The number of anilines is 1. The Morgan fingerprint density at radius 3 is 2.88 bits per heavy atom. The topological polar surface area (TPSA) is 83.8 Å². The third kappa shape index (κ3) is 3.75. The lowest BCUT2D eigenvalue weighted by Gasteiger charge is -2.19. The Kier molecular flexibility index (Phi) is 5.20. The Hall–Kier alpha value is -0.630. The maximum atomic E-state index is 11.4. The Bertz CT molecular complexity index is 391. The van der Waals surface area contributed by atoms with Crippen LogP contribution in [0.15, 0.2) is 11.1 Å². The summed E-state index contributed by atoms with van der Waals surface area (Å²) in [5.41, 5.74) is 5.55. The van der Waals surface area contributed by atoms with E-state index < -0.39 is 0 Å². The molecule has 0 aliphatic heterocycles. The molecule has 0 amide bonds. The van der Waals surface area contributed by atoms with Crippen LogP contribution in [0.1, 0.15) is 20.3 Å². The van der Waals surface area contributed by atoms with Crippen molar-refractivity contribution in [3.8, 4) is 0 Å². The molecule has 0 saturated carbocycles. The molecule has 0 aliphatic carbocycles. The lowest BCUT2D eigenvalue weighted by molar-refractivity contribution is 0.520. The van der Waals surface area contributed by atoms with E-state index in [2.05, 4.69) is 29.1 Å². The van der Waals surface area contributed by atoms with E-state index in [1.807, 2.05) is 22.6 Å². The summed E-state index contributed by atoms with van der Waals surface area (Å²) in [6.07, 6.45) is 2.36. The number of hydrogen-bond donors (Lipinski definition) is 3. The third-order valence-electron chi connectivity index (χ3n) is 2.18. The van der Waals surface area contributed by atoms with Crippen molar-refractivity contribution in [1.82, 2.24) is 9.97 Å². The summed E-state index contributed by atoms with van der Waals surface area (Å²) in [5, 5.41) is 3.21. The molecule has 0 aliphatic rings. The van der Waals surface area contributed by atoms with E-state index in [0.29, 0.717) is 21.9 Å². The van der Waals surface area contributed by atoms with Gasteiger partial charge in [-0.3, -0.25) is 4.79 Å². The first-order valence-electron chi connectivity index (χ1n) is 5.24. The summed E-state index contributed by atoms with van der Waals surface area (Å²) in [6.45, 7) is 4.81. The SMILES string of the molecule is CC(C)CC(CN)Nc1nc[nH]c(=O)c1I. The number of nitrogens with zero attached hydrogens (tertiary/aromatic N) is 1. The maximum absolute atomic E-state index is 11.4. The highest BCUT2D eigenvalue weighted by atomic mass is 127. The molecule has 1 rings (SSSR count). The average molecular weight is 336 g/mol. The zero-order valence-corrected chi connectivity index (χ0v) is 11.6. The fraction of sp³-hybridized carbons (Fsp3) is 0.600. The minimum atomic E-state index is -0.126. The molecule has 5 nitrogen and oxygen atoms in total. The van der Waals surface area contributed by atoms with Gasteiger partial charge < -0.3 is 16.0 Å². The van der Waals surface area contributed by atoms with Crippen molar-refractivity contribution in [3.05, 3.63) is 20.3 Å². The van der Waals surface area contributed by atoms with Gasteiger partial charge in [0.25, 0.3) is 5.56 Å². The van der Waals surface area contributed by atoms with Crippen LogP contribution in [0.5, 0.6) is 0 Å². The molecule has 0 radical (unpaired) electrons. The zero-order chi connectivity index (χ0) is 12.1. The van der Waals surface area contributed by atoms with Gasteiger partial charge in [-0.1, -0.05) is 13.8 Å². The number of aromatic nitrogens is 2. The van der Waals surface area contributed by atoms with Gasteiger partial charge in [0.1, 0.15) is 9.39 Å². The molecule has 1 aromatic heterocycles. The Balaban J connectivity index is 2.78. The highest BCUT2D eigenvalue weighted by Gasteiger charge is 2.12. The van der Waals surface area contributed by atoms with Crippen LogP contribution in [0, 0.1) is 9.49 Å². The normalized spacial score (nSPS) is 12.8. The van der Waals surface area contributed by atoms with Crippen molar-refractivity contribution < 1.29 is 0 Å². The standard InChI is InChI=1S/C10H17IN4O/c1-6(2)3-7(4-12)15-9-8(11)10(16)14-5-13-9/h5-7H,3-4,12H2,1-2H3,(H2,13,14,15,16). The van der Waals surface area contributed by atoms with E-state index in [1.165, 1.54) is 6.33 Å². The van der Waals surface area contributed by atoms with Crippen LogP contribution in [0.3, 0.4) is 0 Å². The second-order valence-corrected chi connectivity index (χ2v) is 5.18. The van der Waals surface area contributed by atoms with E-state index in [9.17, 15) is 4.79 Å². The van der Waals surface area contributed by atoms with Crippen LogP contribution in [0.25, 0.3) is 0 Å². The summed E-state index contributed by atoms with van der Waals surface area (Å²) < 4.78 is 0.572. The second kappa shape index (κ2) is 6.19. The summed E-state index contributed by atoms with van der Waals surface area (Å²) >= 11 is 1.98. The van der Waals surface area contributed by atoms with Crippen LogP contribution < -0.4 is 16.6 Å². The molecule has 4 N–H and O–H groups in total. The fourth-order valence-corrected chi connectivity index (χ4v) is 1.91. The number of hydrogen-bond acceptors (Lipinski definition) is 4. The zero-order valence-electron chi connectivity index (χ0n) is 9.46. The molecule has 0 saturated heterocycles. The molecule has 90 valence electrons. The van der Waals surface area contributed by atoms with Gasteiger partial charge in [-0.15, -0.1) is 0 Å². The molecule has 1 atom stereocenters. The van der Waals surface area contributed by atoms with Gasteiger partial charge >= 0.3 is 0 Å². The molecular formula is C10H17IN4O. The lowest BCUT2D eigenvalue weighted by Crippen LogP contribution is -2.32. The minimum Gasteiger partial charge on any atom is -0.365 e. The summed E-state index contributed by atoms with van der Waals surface area (Å²) in [6, 6.07) is 0.155. The van der Waals surface area contributed by atoms with Crippen molar-refractivity contribution in [3.63, 3.8) is 0 Å². The predicted molar refractivity (Wildman–Crippen MR) is 73.5 cm³/mol. The Morgan fingerprint density at radius 1 is 1.62 bits per heavy atom. The molecule has 16 heavy (non-hydrogen) atoms. The van der Waals surface area contributed by atoms with Gasteiger partial charge in [0.15, 0.2) is 0 Å². The van der Waals surface area contributed by atoms with Crippen molar-refractivity contribution >= 4 is 28.4 Å². The van der Waals surface area contributed by atoms with E-state index in [-0.39, 0.29) is 11.6 Å². The number of rotatable bonds is 5. The molecule has 0 fully saturated rings. The Morgan fingerprint density at radius 2 is 2.31 bits per heavy atom. The van der Waals surface area contributed by atoms with Crippen LogP contribution in [0.4, 0.5) is 5.82 Å². The molecule has 1 heterocycles. The van der Waals surface area contributed by atoms with Crippen LogP contribution >= 0.6 is 22.6 Å². The predicted octanol–water partition coefficient (Wildman–Crippen LogP) is 1.16. The van der Waals surface area contributed by atoms with E-state index in [0.717, 1.165) is 6.42 Å². The first kappa shape index (κ1) is 13.4. The largest absolute Gasteiger partial charge is 0.365 e. The molecular weight excluding hydrogens is 319 g/mol. The van der Waals surface area contributed by atoms with Gasteiger partial charge in [-0.05, 0) is 34.9 Å². The minimum absolute atomic E-state index is 0.126. The van der Waals surface area contributed by atoms with E-state index >= 15 is 0 Å². The molecule has 1 aromatic rings. The van der Waals surface area contributed by atoms with Crippen molar-refractivity contribution in [1.29, 1.82) is 0 Å². The molecule has 6 heteroatoms. The molecule has 1 unspecified atom stereocenters. The Labute approximate surface area is 108 Å². The van der Waals surface area contributed by atoms with Gasteiger partial charge in [0.05, 0.1) is 6.33 Å². The van der Waals surface area contributed by atoms with Crippen LogP contribution in [-0.4, -0.2) is 22.6 Å². The van der Waals surface area contributed by atoms with Crippen molar-refractivity contribution in [2.75, 3.05) is 11.9 Å². The first-order chi connectivity index (χ1) is 7.54. The highest BCUT2D eigenvalue weighted by molar-refractivity contribution is 14.1. The van der Waals surface area contributed by atoms with Gasteiger partial charge in [-0.2, -0.15) is 0 Å². The van der Waals surface area contributed by atoms with Gasteiger partial charge in [-0.25, -0.2) is 4.98 Å². The summed E-state index contributed by atoms with van der Waals surface area (Å²) in [7, 11) is 0. The van der Waals surface area contributed by atoms with Crippen molar-refractivity contribution in [2.45, 2.75) is 26.3 Å². The highest BCUT2D eigenvalue weighted by Crippen LogP contribution is 2.13. The summed E-state index contributed by atoms with van der Waals surface area (Å²) in [5.74, 6) is 1.17. The van der Waals surface area contributed by atoms with E-state index in [1.54, 1.807) is 0 Å². The number of aromatic amines is 1. The van der Waals surface area contributed by atoms with Crippen LogP contribution in [-0.2, 0) is 0 Å². The second-order valence-electron chi connectivity index (χ2n) is 4.10. The fourth-order valence-electron chi connectivity index (χ4n) is 1.46. The number of halogens is 1. The van der Waals surface area contributed by atoms with Gasteiger partial charge in [0, 0.05) is 12.6 Å². The molecule has 0 aromatic carbocycles. The number of nitrogens with two attached hydrogens (primary N) is 1. The molecule has 0 bridgehead atoms. The van der Waals surface area contributed by atoms with E-state index in [4.69, 9.17) is 5.73 Å². The monoisotopic (exact) mass is 336 g/mol. The number of H-pyrrole nitrogens is 1. The maximum Gasteiger partial charge on any atom is 0.266 e.